The maximum Gasteiger partial charge on any atom is 0.350 e. The van der Waals surface area contributed by atoms with E-state index < -0.39 is 4.92 Å². The maximum absolute atomic E-state index is 10.5. The lowest BCUT2D eigenvalue weighted by molar-refractivity contribution is -0.385. The van der Waals surface area contributed by atoms with Gasteiger partial charge >= 0.3 is 11.6 Å². The standard InChI is InChI=1S/C7H10BrN3O3/c1-14-7-6(11(12)13)5-10(9-7)4-2-3-8/h5H,2-4H2,1H3. The second kappa shape index (κ2) is 4.94. The molecule has 78 valence electrons. The van der Waals surface area contributed by atoms with Crippen molar-refractivity contribution in [3.63, 3.8) is 0 Å². The Bertz CT molecular complexity index is 326. The fourth-order valence-corrected chi connectivity index (χ4v) is 1.25. The van der Waals surface area contributed by atoms with Crippen LogP contribution in [0, 0.1) is 10.1 Å². The minimum Gasteiger partial charge on any atom is -0.475 e. The number of rotatable bonds is 5. The first-order valence-electron chi connectivity index (χ1n) is 4.01. The van der Waals surface area contributed by atoms with Crippen LogP contribution in [0.2, 0.25) is 0 Å². The molecule has 0 aromatic carbocycles. The quantitative estimate of drug-likeness (QED) is 0.460. The van der Waals surface area contributed by atoms with Crippen molar-refractivity contribution < 1.29 is 9.66 Å². The fourth-order valence-electron chi connectivity index (χ4n) is 1.00. The lowest BCUT2D eigenvalue weighted by Gasteiger charge is -1.95. The van der Waals surface area contributed by atoms with E-state index in [9.17, 15) is 10.1 Å². The molecule has 0 aliphatic heterocycles. The Morgan fingerprint density at radius 3 is 2.93 bits per heavy atom. The summed E-state index contributed by atoms with van der Waals surface area (Å²) in [6.45, 7) is 0.634. The van der Waals surface area contributed by atoms with Gasteiger partial charge in [-0.2, -0.15) is 0 Å². The van der Waals surface area contributed by atoms with Gasteiger partial charge < -0.3 is 4.74 Å². The highest BCUT2D eigenvalue weighted by molar-refractivity contribution is 9.09. The molecule has 0 fully saturated rings. The molecule has 0 atom stereocenters. The molecule has 0 bridgehead atoms. The average Bonchev–Trinajstić information content (AvgIpc) is 2.57. The predicted molar refractivity (Wildman–Crippen MR) is 53.8 cm³/mol. The van der Waals surface area contributed by atoms with E-state index in [-0.39, 0.29) is 11.6 Å². The molecule has 0 unspecified atom stereocenters. The number of aromatic nitrogens is 2. The molecule has 14 heavy (non-hydrogen) atoms. The number of ether oxygens (including phenoxy) is 1. The molecule has 1 aromatic rings. The molecule has 0 N–H and O–H groups in total. The molecular formula is C7H10BrN3O3. The van der Waals surface area contributed by atoms with E-state index >= 15 is 0 Å². The van der Waals surface area contributed by atoms with Gasteiger partial charge in [0.2, 0.25) is 0 Å². The van der Waals surface area contributed by atoms with Crippen LogP contribution in [0.4, 0.5) is 5.69 Å². The van der Waals surface area contributed by atoms with Gasteiger partial charge in [0.05, 0.1) is 12.0 Å². The highest BCUT2D eigenvalue weighted by Crippen LogP contribution is 2.23. The van der Waals surface area contributed by atoms with Crippen LogP contribution in [-0.4, -0.2) is 27.1 Å². The van der Waals surface area contributed by atoms with Crippen molar-refractivity contribution in [2.45, 2.75) is 13.0 Å². The molecule has 7 heteroatoms. The number of halogens is 1. The van der Waals surface area contributed by atoms with Crippen molar-refractivity contribution >= 4 is 21.6 Å². The van der Waals surface area contributed by atoms with Gasteiger partial charge in [0.15, 0.2) is 0 Å². The summed E-state index contributed by atoms with van der Waals surface area (Å²) in [4.78, 5) is 10.0. The summed E-state index contributed by atoms with van der Waals surface area (Å²) in [5, 5.41) is 15.3. The molecule has 0 saturated carbocycles. The van der Waals surface area contributed by atoms with Crippen LogP contribution in [0.15, 0.2) is 6.20 Å². The zero-order valence-electron chi connectivity index (χ0n) is 7.64. The van der Waals surface area contributed by atoms with Crippen LogP contribution in [0.25, 0.3) is 0 Å². The van der Waals surface area contributed by atoms with Crippen LogP contribution in [0.3, 0.4) is 0 Å². The predicted octanol–water partition coefficient (Wildman–Crippen LogP) is 1.58. The molecule has 0 aliphatic carbocycles. The summed E-state index contributed by atoms with van der Waals surface area (Å²) in [6, 6.07) is 0. The summed E-state index contributed by atoms with van der Waals surface area (Å²) in [6.07, 6.45) is 2.24. The van der Waals surface area contributed by atoms with E-state index in [1.165, 1.54) is 18.0 Å². The van der Waals surface area contributed by atoms with Crippen molar-refractivity contribution in [1.29, 1.82) is 0 Å². The third-order valence-electron chi connectivity index (χ3n) is 1.62. The van der Waals surface area contributed by atoms with E-state index in [4.69, 9.17) is 4.74 Å². The average molecular weight is 264 g/mol. The number of aryl methyl sites for hydroxylation is 1. The summed E-state index contributed by atoms with van der Waals surface area (Å²) in [7, 11) is 1.37. The van der Waals surface area contributed by atoms with Crippen LogP contribution < -0.4 is 4.74 Å². The molecule has 0 spiro atoms. The summed E-state index contributed by atoms with van der Waals surface area (Å²) in [5.74, 6) is 0.0598. The molecule has 0 radical (unpaired) electrons. The third-order valence-corrected chi connectivity index (χ3v) is 2.18. The van der Waals surface area contributed by atoms with Crippen LogP contribution in [0.5, 0.6) is 5.88 Å². The van der Waals surface area contributed by atoms with Gasteiger partial charge in [-0.25, -0.2) is 0 Å². The largest absolute Gasteiger partial charge is 0.475 e. The molecule has 1 rings (SSSR count). The summed E-state index contributed by atoms with van der Waals surface area (Å²) in [5.41, 5.74) is -0.0953. The first kappa shape index (κ1) is 11.0. The highest BCUT2D eigenvalue weighted by Gasteiger charge is 2.19. The molecule has 0 aliphatic rings. The molecule has 6 nitrogen and oxygen atoms in total. The minimum absolute atomic E-state index is 0.0598. The topological polar surface area (TPSA) is 70.2 Å². The lowest BCUT2D eigenvalue weighted by atomic mass is 10.5. The lowest BCUT2D eigenvalue weighted by Crippen LogP contribution is -1.99. The molecule has 1 aromatic heterocycles. The highest BCUT2D eigenvalue weighted by atomic mass is 79.9. The number of hydrogen-bond acceptors (Lipinski definition) is 4. The Balaban J connectivity index is 2.83. The Morgan fingerprint density at radius 1 is 1.79 bits per heavy atom. The van der Waals surface area contributed by atoms with Crippen molar-refractivity contribution in [2.75, 3.05) is 12.4 Å². The summed E-state index contributed by atoms with van der Waals surface area (Å²) < 4.78 is 6.29. The van der Waals surface area contributed by atoms with Crippen LogP contribution in [0.1, 0.15) is 6.42 Å². The molecule has 0 saturated heterocycles. The minimum atomic E-state index is -0.504. The fraction of sp³-hybridized carbons (Fsp3) is 0.571. The Morgan fingerprint density at radius 2 is 2.50 bits per heavy atom. The Labute approximate surface area is 89.1 Å². The van der Waals surface area contributed by atoms with Gasteiger partial charge in [-0.05, 0) is 6.42 Å². The van der Waals surface area contributed by atoms with Gasteiger partial charge in [0.1, 0.15) is 6.20 Å². The van der Waals surface area contributed by atoms with E-state index in [1.54, 1.807) is 0 Å². The number of methoxy groups -OCH3 is 1. The van der Waals surface area contributed by atoms with E-state index in [0.717, 1.165) is 11.8 Å². The van der Waals surface area contributed by atoms with E-state index in [0.29, 0.717) is 6.54 Å². The van der Waals surface area contributed by atoms with Crippen molar-refractivity contribution in [2.24, 2.45) is 0 Å². The first-order chi connectivity index (χ1) is 6.69. The van der Waals surface area contributed by atoms with Crippen molar-refractivity contribution in [3.05, 3.63) is 16.3 Å². The van der Waals surface area contributed by atoms with Crippen molar-refractivity contribution in [3.8, 4) is 5.88 Å². The van der Waals surface area contributed by atoms with Crippen LogP contribution in [-0.2, 0) is 6.54 Å². The second-order valence-corrected chi connectivity index (χ2v) is 3.38. The van der Waals surface area contributed by atoms with Gasteiger partial charge in [-0.1, -0.05) is 15.9 Å². The Kier molecular flexibility index (Phi) is 3.87. The van der Waals surface area contributed by atoms with Gasteiger partial charge in [-0.3, -0.25) is 14.8 Å². The zero-order valence-corrected chi connectivity index (χ0v) is 9.23. The molecular weight excluding hydrogens is 254 g/mol. The third kappa shape index (κ3) is 2.44. The first-order valence-corrected chi connectivity index (χ1v) is 5.13. The van der Waals surface area contributed by atoms with E-state index in [1.807, 2.05) is 0 Å². The second-order valence-electron chi connectivity index (χ2n) is 2.59. The van der Waals surface area contributed by atoms with E-state index in [2.05, 4.69) is 21.0 Å². The molecule has 0 amide bonds. The number of nitrogens with zero attached hydrogens (tertiary/aromatic N) is 3. The maximum atomic E-state index is 10.5. The van der Waals surface area contributed by atoms with Gasteiger partial charge in [0.25, 0.3) is 0 Å². The number of hydrogen-bond donors (Lipinski definition) is 0. The van der Waals surface area contributed by atoms with Gasteiger partial charge in [-0.15, -0.1) is 5.10 Å². The van der Waals surface area contributed by atoms with Crippen molar-refractivity contribution in [1.82, 2.24) is 9.78 Å². The smallest absolute Gasteiger partial charge is 0.350 e. The van der Waals surface area contributed by atoms with Gasteiger partial charge in [0, 0.05) is 11.9 Å². The Hall–Kier alpha value is -1.11. The monoisotopic (exact) mass is 263 g/mol. The normalized spacial score (nSPS) is 10.1. The summed E-state index contributed by atoms with van der Waals surface area (Å²) >= 11 is 3.27. The number of nitro groups is 1. The molecule has 1 heterocycles. The SMILES string of the molecule is COc1nn(CCCBr)cc1[N+](=O)[O-]. The van der Waals surface area contributed by atoms with Crippen LogP contribution >= 0.6 is 15.9 Å². The number of alkyl halides is 1. The zero-order chi connectivity index (χ0) is 10.6.